The Balaban J connectivity index is 1.72. The van der Waals surface area contributed by atoms with Crippen molar-refractivity contribution in [3.05, 3.63) is 65.4 Å². The van der Waals surface area contributed by atoms with Crippen LogP contribution in [-0.2, 0) is 6.42 Å². The van der Waals surface area contributed by atoms with E-state index in [0.29, 0.717) is 48.6 Å². The van der Waals surface area contributed by atoms with Crippen LogP contribution in [0.25, 0.3) is 11.3 Å². The van der Waals surface area contributed by atoms with Crippen LogP contribution in [0.4, 0.5) is 21.5 Å². The van der Waals surface area contributed by atoms with Gasteiger partial charge in [-0.2, -0.15) is 0 Å². The summed E-state index contributed by atoms with van der Waals surface area (Å²) in [6.07, 6.45) is 7.63. The highest BCUT2D eigenvalue weighted by atomic mass is 19.1. The maximum atomic E-state index is 14.4. The number of hydrogen-bond donors (Lipinski definition) is 5. The van der Waals surface area contributed by atoms with Crippen LogP contribution < -0.4 is 20.7 Å². The first-order valence-electron chi connectivity index (χ1n) is 11.6. The van der Waals surface area contributed by atoms with Gasteiger partial charge in [-0.05, 0) is 38.0 Å². The maximum Gasteiger partial charge on any atom is 0.255 e. The second kappa shape index (κ2) is 11.1. The normalized spacial score (nSPS) is 13.3. The van der Waals surface area contributed by atoms with Crippen LogP contribution in [0.5, 0.6) is 5.75 Å². The summed E-state index contributed by atoms with van der Waals surface area (Å²) in [5, 5.41) is 18.6. The number of methoxy groups -OCH3 is 1. The minimum absolute atomic E-state index is 0.0720. The van der Waals surface area contributed by atoms with Gasteiger partial charge in [-0.3, -0.25) is 9.78 Å². The van der Waals surface area contributed by atoms with Crippen molar-refractivity contribution in [3.63, 3.8) is 0 Å². The molecule has 1 aromatic carbocycles. The number of H-pyrrole nitrogens is 1. The van der Waals surface area contributed by atoms with Gasteiger partial charge in [0.2, 0.25) is 0 Å². The molecule has 0 atom stereocenters. The van der Waals surface area contributed by atoms with Gasteiger partial charge in [-0.15, -0.1) is 0 Å². The van der Waals surface area contributed by atoms with Crippen molar-refractivity contribution < 1.29 is 19.0 Å². The highest BCUT2D eigenvalue weighted by Crippen LogP contribution is 2.41. The largest absolute Gasteiger partial charge is 0.492 e. The van der Waals surface area contributed by atoms with Crippen molar-refractivity contribution in [2.75, 3.05) is 37.4 Å². The topological polar surface area (TPSA) is 111 Å². The second-order valence-electron chi connectivity index (χ2n) is 8.34. The molecule has 3 heterocycles. The quantitative estimate of drug-likeness (QED) is 0.218. The zero-order valence-corrected chi connectivity index (χ0v) is 19.9. The van der Waals surface area contributed by atoms with Crippen LogP contribution in [0.15, 0.2) is 48.3 Å². The Kier molecular flexibility index (Phi) is 7.67. The van der Waals surface area contributed by atoms with Crippen LogP contribution in [0.2, 0.25) is 0 Å². The van der Waals surface area contributed by atoms with E-state index in [1.54, 1.807) is 24.5 Å². The molecule has 0 unspecified atom stereocenters. The molecule has 1 aliphatic rings. The molecule has 0 spiro atoms. The Morgan fingerprint density at radius 1 is 1.31 bits per heavy atom. The summed E-state index contributed by atoms with van der Waals surface area (Å²) in [5.41, 5.74) is 5.76. The van der Waals surface area contributed by atoms with Crippen LogP contribution >= 0.6 is 0 Å². The summed E-state index contributed by atoms with van der Waals surface area (Å²) >= 11 is 0. The first kappa shape index (κ1) is 24.3. The number of aromatic nitrogens is 2. The number of benzene rings is 1. The van der Waals surface area contributed by atoms with Crippen molar-refractivity contribution >= 4 is 23.0 Å². The highest BCUT2D eigenvalue weighted by molar-refractivity contribution is 6.07. The van der Waals surface area contributed by atoms with E-state index in [2.05, 4.69) is 32.0 Å². The van der Waals surface area contributed by atoms with E-state index in [0.717, 1.165) is 28.9 Å². The van der Waals surface area contributed by atoms with Gasteiger partial charge in [-0.1, -0.05) is 17.7 Å². The average Bonchev–Trinajstić information content (AvgIpc) is 3.22. The predicted octanol–water partition coefficient (Wildman–Crippen LogP) is 4.38. The molecule has 0 saturated heterocycles. The summed E-state index contributed by atoms with van der Waals surface area (Å²) in [6, 6.07) is 6.49. The van der Waals surface area contributed by atoms with Gasteiger partial charge in [-0.25, -0.2) is 4.39 Å². The lowest BCUT2D eigenvalue weighted by Crippen LogP contribution is -2.31. The van der Waals surface area contributed by atoms with Gasteiger partial charge in [0.1, 0.15) is 0 Å². The highest BCUT2D eigenvalue weighted by Gasteiger charge is 2.28. The molecular formula is C26H30FN5O3. The number of halogens is 1. The zero-order valence-electron chi connectivity index (χ0n) is 19.9. The minimum Gasteiger partial charge on any atom is -0.492 e. The first-order chi connectivity index (χ1) is 17.0. The Labute approximate surface area is 203 Å². The van der Waals surface area contributed by atoms with Gasteiger partial charge < -0.3 is 30.8 Å². The number of hydrogen-bond acceptors (Lipinski definition) is 6. The summed E-state index contributed by atoms with van der Waals surface area (Å²) < 4.78 is 19.6. The number of para-hydroxylation sites is 1. The van der Waals surface area contributed by atoms with Crippen molar-refractivity contribution in [1.29, 1.82) is 0 Å². The number of anilines is 3. The Bertz CT molecular complexity index is 1240. The number of aromatic amines is 1. The molecule has 184 valence electrons. The van der Waals surface area contributed by atoms with E-state index >= 15 is 0 Å². The second-order valence-corrected chi connectivity index (χ2v) is 8.34. The molecule has 5 N–H and O–H groups in total. The number of fused-ring (bicyclic) bond motifs is 1. The van der Waals surface area contributed by atoms with Gasteiger partial charge in [0.15, 0.2) is 11.6 Å². The number of aliphatic hydroxyl groups is 1. The zero-order chi connectivity index (χ0) is 24.8. The fourth-order valence-electron chi connectivity index (χ4n) is 4.21. The average molecular weight is 480 g/mol. The number of amides is 1. The number of nitrogens with one attached hydrogen (secondary N) is 4. The first-order valence-corrected chi connectivity index (χ1v) is 11.6. The lowest BCUT2D eigenvalue weighted by atomic mass is 10.0. The number of carbonyl (C=O) groups excluding carboxylic acids is 1. The number of pyridine rings is 1. The molecule has 1 amide bonds. The fraction of sp³-hybridized carbons (Fsp3) is 0.308. The van der Waals surface area contributed by atoms with Crippen LogP contribution in [0, 0.1) is 5.82 Å². The summed E-state index contributed by atoms with van der Waals surface area (Å²) in [5.74, 6) is -0.619. The summed E-state index contributed by atoms with van der Waals surface area (Å²) in [7, 11) is 1.41. The molecule has 35 heavy (non-hydrogen) atoms. The molecule has 0 saturated carbocycles. The molecule has 8 nitrogen and oxygen atoms in total. The number of ether oxygens (including phenoxy) is 1. The third kappa shape index (κ3) is 5.30. The van der Waals surface area contributed by atoms with Crippen molar-refractivity contribution in [2.24, 2.45) is 0 Å². The summed E-state index contributed by atoms with van der Waals surface area (Å²) in [4.78, 5) is 20.5. The SMILES string of the molecule is COc1c(F)cccc1Nc1c(-c2ccncc2NCC/C=C(\C)CCO)[nH]c2c1C(=O)NCC2. The molecular weight excluding hydrogens is 449 g/mol. The smallest absolute Gasteiger partial charge is 0.255 e. The van der Waals surface area contributed by atoms with Crippen molar-refractivity contribution in [3.8, 4) is 17.0 Å². The lowest BCUT2D eigenvalue weighted by molar-refractivity contribution is 0.0947. The third-order valence-corrected chi connectivity index (χ3v) is 5.95. The fourth-order valence-corrected chi connectivity index (χ4v) is 4.21. The minimum atomic E-state index is -0.497. The molecule has 1 aliphatic heterocycles. The number of aliphatic hydroxyl groups excluding tert-OH is 1. The van der Waals surface area contributed by atoms with E-state index in [9.17, 15) is 9.18 Å². The molecule has 0 aliphatic carbocycles. The molecule has 0 bridgehead atoms. The molecule has 3 aromatic rings. The van der Waals surface area contributed by atoms with Gasteiger partial charge in [0.25, 0.3) is 5.91 Å². The number of rotatable bonds is 10. The number of nitrogens with zero attached hydrogens (tertiary/aromatic N) is 1. The van der Waals surface area contributed by atoms with Gasteiger partial charge >= 0.3 is 0 Å². The van der Waals surface area contributed by atoms with E-state index in [1.807, 2.05) is 13.0 Å². The van der Waals surface area contributed by atoms with E-state index in [-0.39, 0.29) is 18.3 Å². The van der Waals surface area contributed by atoms with Crippen LogP contribution in [0.1, 0.15) is 35.8 Å². The molecule has 0 radical (unpaired) electrons. The lowest BCUT2D eigenvalue weighted by Gasteiger charge is -2.17. The van der Waals surface area contributed by atoms with E-state index < -0.39 is 5.82 Å². The monoisotopic (exact) mass is 479 g/mol. The molecule has 0 fully saturated rings. The number of carbonyl (C=O) groups is 1. The maximum absolute atomic E-state index is 14.4. The van der Waals surface area contributed by atoms with Gasteiger partial charge in [0.05, 0.1) is 41.6 Å². The predicted molar refractivity (Wildman–Crippen MR) is 135 cm³/mol. The van der Waals surface area contributed by atoms with E-state index in [1.165, 1.54) is 13.2 Å². The Morgan fingerprint density at radius 2 is 2.17 bits per heavy atom. The third-order valence-electron chi connectivity index (χ3n) is 5.95. The summed E-state index contributed by atoms with van der Waals surface area (Å²) in [6.45, 7) is 3.34. The molecule has 2 aromatic heterocycles. The van der Waals surface area contributed by atoms with Crippen LogP contribution in [0.3, 0.4) is 0 Å². The molecule has 4 rings (SSSR count). The van der Waals surface area contributed by atoms with E-state index in [4.69, 9.17) is 9.84 Å². The van der Waals surface area contributed by atoms with Crippen molar-refractivity contribution in [2.45, 2.75) is 26.2 Å². The van der Waals surface area contributed by atoms with Crippen LogP contribution in [-0.4, -0.2) is 47.8 Å². The standard InChI is InChI=1S/C26H30FN5O3/c1-16(10-14-33)5-4-11-29-21-15-28-12-8-17(21)23-24(22-19(31-23)9-13-30-26(22)34)32-20-7-3-6-18(27)25(20)35-2/h3,5-8,12,15,29,31-33H,4,9-11,13-14H2,1-2H3,(H,30,34)/b16-5+. The van der Waals surface area contributed by atoms with Gasteiger partial charge in [0, 0.05) is 43.6 Å². The van der Waals surface area contributed by atoms with Crippen molar-refractivity contribution in [1.82, 2.24) is 15.3 Å². The Hall–Kier alpha value is -3.85. The Morgan fingerprint density at radius 3 is 2.97 bits per heavy atom. The molecule has 9 heteroatoms.